The smallest absolute Gasteiger partial charge is 0.230 e. The van der Waals surface area contributed by atoms with E-state index in [1.807, 2.05) is 13.8 Å². The molecule has 7 atom stereocenters. The molecule has 4 fully saturated rings. The Morgan fingerprint density at radius 1 is 1.40 bits per heavy atom. The Hall–Kier alpha value is -1.27. The zero-order valence-electron chi connectivity index (χ0n) is 14.9. The van der Waals surface area contributed by atoms with Gasteiger partial charge >= 0.3 is 0 Å². The summed E-state index contributed by atoms with van der Waals surface area (Å²) in [5, 5.41) is 10.9. The van der Waals surface area contributed by atoms with Gasteiger partial charge in [0.15, 0.2) is 5.78 Å². The fourth-order valence-corrected chi connectivity index (χ4v) is 5.85. The van der Waals surface area contributed by atoms with Crippen LogP contribution in [0.5, 0.6) is 0 Å². The maximum atomic E-state index is 13.1. The molecule has 2 bridgehead atoms. The van der Waals surface area contributed by atoms with Crippen LogP contribution in [-0.2, 0) is 19.3 Å². The summed E-state index contributed by atoms with van der Waals surface area (Å²) in [5.41, 5.74) is 2.55. The zero-order chi connectivity index (χ0) is 17.7. The second-order valence-electron chi connectivity index (χ2n) is 8.47. The molecule has 3 saturated heterocycles. The number of hydrogen-bond donors (Lipinski definition) is 1. The van der Waals surface area contributed by atoms with Crippen molar-refractivity contribution in [3.8, 4) is 0 Å². The lowest BCUT2D eigenvalue weighted by molar-refractivity contribution is -0.543. The summed E-state index contributed by atoms with van der Waals surface area (Å²) in [5.74, 6) is -1.20. The highest BCUT2D eigenvalue weighted by atomic mass is 17.3. The molecule has 2 spiro atoms. The van der Waals surface area contributed by atoms with Crippen molar-refractivity contribution in [2.24, 2.45) is 23.7 Å². The second-order valence-corrected chi connectivity index (χ2v) is 8.47. The van der Waals surface area contributed by atoms with Crippen LogP contribution in [-0.4, -0.2) is 35.0 Å². The van der Waals surface area contributed by atoms with Gasteiger partial charge in [-0.2, -0.15) is 4.89 Å². The highest BCUT2D eigenvalue weighted by Gasteiger charge is 2.72. The van der Waals surface area contributed by atoms with Crippen LogP contribution in [0.2, 0.25) is 0 Å². The summed E-state index contributed by atoms with van der Waals surface area (Å²) >= 11 is 0. The molecule has 1 N–H and O–H groups in total. The van der Waals surface area contributed by atoms with Crippen molar-refractivity contribution in [1.82, 2.24) is 0 Å². The number of hydrogen-bond acceptors (Lipinski definition) is 5. The van der Waals surface area contributed by atoms with E-state index in [-0.39, 0.29) is 23.5 Å². The molecule has 6 rings (SSSR count). The Morgan fingerprint density at radius 3 is 2.80 bits per heavy atom. The number of rotatable bonds is 1. The minimum atomic E-state index is -1.13. The van der Waals surface area contributed by atoms with Crippen molar-refractivity contribution >= 4 is 5.78 Å². The van der Waals surface area contributed by atoms with Gasteiger partial charge in [-0.05, 0) is 44.1 Å². The molecular formula is C20H24O5. The SMILES string of the molecule is C=C(C)[C@@H]1CC[C@]23CO[C@@]4(OO2)C2=C(C(=O)C(C)=C[C@@H]1[C@@H]23)[C@H](O)[C@H]4C. The first-order valence-electron chi connectivity index (χ1n) is 9.14. The minimum Gasteiger partial charge on any atom is -0.388 e. The van der Waals surface area contributed by atoms with Gasteiger partial charge in [0.2, 0.25) is 5.79 Å². The highest BCUT2D eigenvalue weighted by Crippen LogP contribution is 2.65. The second kappa shape index (κ2) is 4.71. The Morgan fingerprint density at radius 2 is 2.16 bits per heavy atom. The Labute approximate surface area is 147 Å². The van der Waals surface area contributed by atoms with Crippen molar-refractivity contribution in [2.75, 3.05) is 6.61 Å². The lowest BCUT2D eigenvalue weighted by atomic mass is 9.58. The quantitative estimate of drug-likeness (QED) is 0.585. The number of carbonyl (C=O) groups is 1. The first-order chi connectivity index (χ1) is 11.8. The maximum Gasteiger partial charge on any atom is 0.230 e. The van der Waals surface area contributed by atoms with Crippen LogP contribution < -0.4 is 0 Å². The zero-order valence-corrected chi connectivity index (χ0v) is 14.9. The number of ketones is 1. The summed E-state index contributed by atoms with van der Waals surface area (Å²) < 4.78 is 6.16. The topological polar surface area (TPSA) is 65.0 Å². The number of Topliss-reactive ketones (excluding diaryl/α,β-unsaturated/α-hetero) is 1. The molecule has 1 saturated carbocycles. The molecule has 0 amide bonds. The number of ether oxygens (including phenoxy) is 1. The summed E-state index contributed by atoms with van der Waals surface area (Å²) in [6.45, 7) is 10.4. The number of carbonyl (C=O) groups excluding carboxylic acids is 1. The summed E-state index contributed by atoms with van der Waals surface area (Å²) in [4.78, 5) is 24.8. The number of allylic oxidation sites excluding steroid dienone is 3. The molecule has 25 heavy (non-hydrogen) atoms. The van der Waals surface area contributed by atoms with Crippen molar-refractivity contribution in [1.29, 1.82) is 0 Å². The van der Waals surface area contributed by atoms with E-state index >= 15 is 0 Å². The molecule has 3 aliphatic heterocycles. The van der Waals surface area contributed by atoms with Gasteiger partial charge in [-0.15, -0.1) is 0 Å². The molecule has 6 aliphatic rings. The average Bonchev–Trinajstić information content (AvgIpc) is 2.73. The fourth-order valence-electron chi connectivity index (χ4n) is 5.85. The van der Waals surface area contributed by atoms with E-state index in [2.05, 4.69) is 19.6 Å². The van der Waals surface area contributed by atoms with Gasteiger partial charge in [-0.1, -0.05) is 25.2 Å². The molecule has 3 heterocycles. The molecule has 5 nitrogen and oxygen atoms in total. The highest BCUT2D eigenvalue weighted by molar-refractivity contribution is 6.10. The predicted octanol–water partition coefficient (Wildman–Crippen LogP) is 2.47. The van der Waals surface area contributed by atoms with Crippen LogP contribution in [0.4, 0.5) is 0 Å². The molecule has 0 aromatic rings. The molecule has 0 aromatic carbocycles. The summed E-state index contributed by atoms with van der Waals surface area (Å²) in [6, 6.07) is 0. The third-order valence-corrected chi connectivity index (χ3v) is 7.18. The Kier molecular flexibility index (Phi) is 3.00. The van der Waals surface area contributed by atoms with Gasteiger partial charge in [-0.3, -0.25) is 4.79 Å². The van der Waals surface area contributed by atoms with Crippen LogP contribution >= 0.6 is 0 Å². The maximum absolute atomic E-state index is 13.1. The van der Waals surface area contributed by atoms with Gasteiger partial charge in [-0.25, -0.2) is 4.89 Å². The van der Waals surface area contributed by atoms with Gasteiger partial charge in [0.05, 0.1) is 12.7 Å². The van der Waals surface area contributed by atoms with E-state index < -0.39 is 17.5 Å². The van der Waals surface area contributed by atoms with Gasteiger partial charge in [0.1, 0.15) is 5.60 Å². The standard InChI is InChI=1S/C20H24O5/c1-9(2)12-5-6-19-8-23-20(25-24-19)11(4)18(22)14-16(20)15(19)13(12)7-10(3)17(14)21/h7,11-13,15,18,22H,1,5-6,8H2,2-4H3/t11-,12+,13+,15+,18-,19-,20+/m1/s1. The van der Waals surface area contributed by atoms with Crippen LogP contribution in [0.25, 0.3) is 0 Å². The van der Waals surface area contributed by atoms with Crippen molar-refractivity contribution < 1.29 is 24.4 Å². The van der Waals surface area contributed by atoms with Crippen LogP contribution in [0.1, 0.15) is 33.6 Å². The van der Waals surface area contributed by atoms with Crippen molar-refractivity contribution in [3.05, 3.63) is 34.9 Å². The lowest BCUT2D eigenvalue weighted by Gasteiger charge is -2.61. The average molecular weight is 344 g/mol. The molecular weight excluding hydrogens is 320 g/mol. The molecule has 134 valence electrons. The van der Waals surface area contributed by atoms with E-state index in [0.29, 0.717) is 23.7 Å². The summed E-state index contributed by atoms with van der Waals surface area (Å²) in [6.07, 6.45) is 2.91. The normalized spacial score (nSPS) is 50.5. The van der Waals surface area contributed by atoms with E-state index in [1.165, 1.54) is 0 Å². The summed E-state index contributed by atoms with van der Waals surface area (Å²) in [7, 11) is 0. The Balaban J connectivity index is 1.80. The van der Waals surface area contributed by atoms with Crippen LogP contribution in [0, 0.1) is 23.7 Å². The fraction of sp³-hybridized carbons (Fsp3) is 0.650. The van der Waals surface area contributed by atoms with E-state index in [9.17, 15) is 9.90 Å². The molecule has 0 aromatic heterocycles. The molecule has 0 unspecified atom stereocenters. The monoisotopic (exact) mass is 344 g/mol. The molecule has 0 radical (unpaired) electrons. The molecule has 3 aliphatic carbocycles. The first-order valence-corrected chi connectivity index (χ1v) is 9.14. The lowest BCUT2D eigenvalue weighted by Crippen LogP contribution is -2.68. The number of aliphatic hydroxyl groups excluding tert-OH is 1. The minimum absolute atomic E-state index is 0.0125. The van der Waals surface area contributed by atoms with Gasteiger partial charge in [0.25, 0.3) is 0 Å². The molecule has 5 heteroatoms. The first kappa shape index (κ1) is 15.9. The van der Waals surface area contributed by atoms with Crippen molar-refractivity contribution in [3.63, 3.8) is 0 Å². The van der Waals surface area contributed by atoms with Crippen LogP contribution in [0.15, 0.2) is 34.9 Å². The van der Waals surface area contributed by atoms with Gasteiger partial charge in [0, 0.05) is 23.0 Å². The third kappa shape index (κ3) is 1.66. The third-order valence-electron chi connectivity index (χ3n) is 7.18. The van der Waals surface area contributed by atoms with Crippen LogP contribution in [0.3, 0.4) is 0 Å². The van der Waals surface area contributed by atoms with Crippen molar-refractivity contribution in [2.45, 2.75) is 51.1 Å². The van der Waals surface area contributed by atoms with E-state index in [4.69, 9.17) is 14.5 Å². The van der Waals surface area contributed by atoms with Gasteiger partial charge < -0.3 is 9.84 Å². The van der Waals surface area contributed by atoms with E-state index in [1.54, 1.807) is 0 Å². The largest absolute Gasteiger partial charge is 0.388 e. The predicted molar refractivity (Wildman–Crippen MR) is 89.1 cm³/mol. The number of fused-ring (bicyclic) bond motifs is 2. The number of aliphatic hydroxyl groups is 1. The Bertz CT molecular complexity index is 752. The van der Waals surface area contributed by atoms with E-state index in [0.717, 1.165) is 24.0 Å².